The molecule has 0 aliphatic carbocycles. The molecule has 2 aliphatic rings. The number of aromatic amines is 1. The summed E-state index contributed by atoms with van der Waals surface area (Å²) >= 11 is 6.64. The molecule has 2 atom stereocenters. The Balaban J connectivity index is 1.44. The van der Waals surface area contributed by atoms with E-state index in [1.165, 1.54) is 12.1 Å². The standard InChI is InChI=1S/C29H25ClFN3O2/c1-29-27-26(21-7-3-5-9-24(21)32-27)22(20-6-2-4-8-23(20)30)16-34(29)25(35)17-33(28(29)36)15-14-18-10-12-19(31)13-11-18/h2-13,22,32H,14-17H2,1H3/t22?,29-/m0/s1. The maximum absolute atomic E-state index is 14.1. The Bertz CT molecular complexity index is 1500. The van der Waals surface area contributed by atoms with Gasteiger partial charge < -0.3 is 14.8 Å². The van der Waals surface area contributed by atoms with Crippen LogP contribution in [0, 0.1) is 5.82 Å². The van der Waals surface area contributed by atoms with Gasteiger partial charge in [0.15, 0.2) is 5.54 Å². The number of amides is 2. The number of carbonyl (C=O) groups is 2. The van der Waals surface area contributed by atoms with Crippen molar-refractivity contribution in [2.45, 2.75) is 24.8 Å². The predicted molar refractivity (Wildman–Crippen MR) is 137 cm³/mol. The van der Waals surface area contributed by atoms with Crippen molar-refractivity contribution < 1.29 is 14.0 Å². The first-order chi connectivity index (χ1) is 17.4. The van der Waals surface area contributed by atoms with Gasteiger partial charge in [-0.1, -0.05) is 60.1 Å². The summed E-state index contributed by atoms with van der Waals surface area (Å²) in [5.41, 5.74) is 3.36. The molecule has 5 nitrogen and oxygen atoms in total. The smallest absolute Gasteiger partial charge is 0.254 e. The molecule has 1 N–H and O–H groups in total. The number of halogens is 2. The summed E-state index contributed by atoms with van der Waals surface area (Å²) in [6.45, 7) is 2.60. The third-order valence-electron chi connectivity index (χ3n) is 7.68. The molecule has 6 rings (SSSR count). The molecule has 0 saturated carbocycles. The summed E-state index contributed by atoms with van der Waals surface area (Å²) in [5.74, 6) is -0.680. The average Bonchev–Trinajstić information content (AvgIpc) is 3.28. The van der Waals surface area contributed by atoms with E-state index in [1.54, 1.807) is 21.9 Å². The van der Waals surface area contributed by atoms with Gasteiger partial charge in [0.05, 0.1) is 12.2 Å². The number of hydrogen-bond donors (Lipinski definition) is 1. The number of para-hydroxylation sites is 1. The van der Waals surface area contributed by atoms with Crippen LogP contribution in [0.5, 0.6) is 0 Å². The lowest BCUT2D eigenvalue weighted by atomic mass is 9.76. The van der Waals surface area contributed by atoms with Crippen LogP contribution in [0.25, 0.3) is 10.9 Å². The van der Waals surface area contributed by atoms with E-state index in [0.717, 1.165) is 33.3 Å². The molecule has 4 aromatic rings. The quantitative estimate of drug-likeness (QED) is 0.416. The van der Waals surface area contributed by atoms with Crippen molar-refractivity contribution in [1.29, 1.82) is 0 Å². The molecule has 3 heterocycles. The Labute approximate surface area is 213 Å². The van der Waals surface area contributed by atoms with Gasteiger partial charge in [-0.2, -0.15) is 0 Å². The van der Waals surface area contributed by atoms with Gasteiger partial charge in [0, 0.05) is 34.9 Å². The first kappa shape index (κ1) is 22.8. The van der Waals surface area contributed by atoms with Gasteiger partial charge >= 0.3 is 0 Å². The molecule has 1 aromatic heterocycles. The molecule has 0 spiro atoms. The molecule has 182 valence electrons. The second-order valence-electron chi connectivity index (χ2n) is 9.71. The van der Waals surface area contributed by atoms with E-state index in [0.29, 0.717) is 24.5 Å². The van der Waals surface area contributed by atoms with Crippen LogP contribution in [0.4, 0.5) is 4.39 Å². The van der Waals surface area contributed by atoms with Gasteiger partial charge in [-0.25, -0.2) is 4.39 Å². The number of H-pyrrole nitrogens is 1. The number of piperazine rings is 1. The highest BCUT2D eigenvalue weighted by Gasteiger charge is 2.56. The van der Waals surface area contributed by atoms with Gasteiger partial charge in [-0.3, -0.25) is 9.59 Å². The molecule has 0 radical (unpaired) electrons. The first-order valence-corrected chi connectivity index (χ1v) is 12.5. The maximum atomic E-state index is 14.1. The Morgan fingerprint density at radius 2 is 1.75 bits per heavy atom. The second kappa shape index (κ2) is 8.49. The van der Waals surface area contributed by atoms with Crippen molar-refractivity contribution in [1.82, 2.24) is 14.8 Å². The van der Waals surface area contributed by atoms with E-state index in [2.05, 4.69) is 11.1 Å². The van der Waals surface area contributed by atoms with Crippen molar-refractivity contribution in [3.05, 3.63) is 106 Å². The van der Waals surface area contributed by atoms with Crippen LogP contribution in [0.3, 0.4) is 0 Å². The third-order valence-corrected chi connectivity index (χ3v) is 8.03. The van der Waals surface area contributed by atoms with Gasteiger partial charge in [0.25, 0.3) is 5.91 Å². The number of carbonyl (C=O) groups excluding carboxylic acids is 2. The zero-order chi connectivity index (χ0) is 25.0. The normalized spacial score (nSPS) is 21.6. The van der Waals surface area contributed by atoms with E-state index < -0.39 is 5.54 Å². The molecule has 36 heavy (non-hydrogen) atoms. The zero-order valence-corrected chi connectivity index (χ0v) is 20.6. The highest BCUT2D eigenvalue weighted by atomic mass is 35.5. The largest absolute Gasteiger partial charge is 0.356 e. The van der Waals surface area contributed by atoms with E-state index in [9.17, 15) is 14.0 Å². The van der Waals surface area contributed by atoms with E-state index >= 15 is 0 Å². The van der Waals surface area contributed by atoms with Gasteiger partial charge in [-0.15, -0.1) is 0 Å². The molecular weight excluding hydrogens is 477 g/mol. The minimum absolute atomic E-state index is 0.0143. The van der Waals surface area contributed by atoms with Gasteiger partial charge in [0.2, 0.25) is 5.91 Å². The van der Waals surface area contributed by atoms with Crippen molar-refractivity contribution >= 4 is 34.3 Å². The lowest BCUT2D eigenvalue weighted by molar-refractivity contribution is -0.166. The minimum Gasteiger partial charge on any atom is -0.356 e. The summed E-state index contributed by atoms with van der Waals surface area (Å²) in [7, 11) is 0. The minimum atomic E-state index is -1.16. The summed E-state index contributed by atoms with van der Waals surface area (Å²) in [5, 5.41) is 1.67. The van der Waals surface area contributed by atoms with Crippen LogP contribution < -0.4 is 0 Å². The monoisotopic (exact) mass is 501 g/mol. The summed E-state index contributed by atoms with van der Waals surface area (Å²) in [6, 6.07) is 21.9. The molecule has 2 aliphatic heterocycles. The Morgan fingerprint density at radius 3 is 2.53 bits per heavy atom. The fourth-order valence-electron chi connectivity index (χ4n) is 5.81. The Hall–Kier alpha value is -3.64. The van der Waals surface area contributed by atoms with Crippen molar-refractivity contribution in [2.75, 3.05) is 19.6 Å². The predicted octanol–water partition coefficient (Wildman–Crippen LogP) is 5.23. The molecule has 1 unspecified atom stereocenters. The molecular formula is C29H25ClFN3O2. The van der Waals surface area contributed by atoms with Crippen molar-refractivity contribution in [2.24, 2.45) is 0 Å². The number of rotatable bonds is 4. The zero-order valence-electron chi connectivity index (χ0n) is 19.8. The third kappa shape index (κ3) is 3.43. The first-order valence-electron chi connectivity index (χ1n) is 12.1. The van der Waals surface area contributed by atoms with Crippen molar-refractivity contribution in [3.63, 3.8) is 0 Å². The van der Waals surface area contributed by atoms with Gasteiger partial charge in [-0.05, 0) is 54.3 Å². The van der Waals surface area contributed by atoms with Crippen LogP contribution in [-0.4, -0.2) is 46.2 Å². The van der Waals surface area contributed by atoms with Crippen LogP contribution in [-0.2, 0) is 21.5 Å². The number of nitrogens with one attached hydrogen (secondary N) is 1. The number of fused-ring (bicyclic) bond motifs is 5. The Kier molecular flexibility index (Phi) is 5.38. The van der Waals surface area contributed by atoms with Crippen molar-refractivity contribution in [3.8, 4) is 0 Å². The van der Waals surface area contributed by atoms with Crippen LogP contribution in [0.2, 0.25) is 5.02 Å². The van der Waals surface area contributed by atoms with E-state index in [-0.39, 0.29) is 30.1 Å². The molecule has 3 aromatic carbocycles. The van der Waals surface area contributed by atoms with E-state index in [4.69, 9.17) is 11.6 Å². The van der Waals surface area contributed by atoms with Gasteiger partial charge in [0.1, 0.15) is 5.82 Å². The van der Waals surface area contributed by atoms with Crippen LogP contribution in [0.1, 0.15) is 35.2 Å². The number of hydrogen-bond acceptors (Lipinski definition) is 2. The highest BCUT2D eigenvalue weighted by molar-refractivity contribution is 6.31. The molecule has 0 bridgehead atoms. The van der Waals surface area contributed by atoms with E-state index in [1.807, 2.05) is 49.4 Å². The highest BCUT2D eigenvalue weighted by Crippen LogP contribution is 2.49. The fourth-order valence-corrected chi connectivity index (χ4v) is 6.08. The van der Waals surface area contributed by atoms with Crippen LogP contribution in [0.15, 0.2) is 72.8 Å². The SMILES string of the molecule is C[C@]12C(=O)N(CCc3ccc(F)cc3)CC(=O)N1CC(c1ccccc1Cl)c1c2[nH]c2ccccc12. The fraction of sp³-hybridized carbons (Fsp3) is 0.241. The molecule has 7 heteroatoms. The molecule has 1 fully saturated rings. The number of nitrogens with zero attached hydrogens (tertiary/aromatic N) is 2. The number of benzene rings is 3. The molecule has 1 saturated heterocycles. The summed E-state index contributed by atoms with van der Waals surface area (Å²) in [6.07, 6.45) is 0.539. The Morgan fingerprint density at radius 1 is 1.03 bits per heavy atom. The average molecular weight is 502 g/mol. The topological polar surface area (TPSA) is 56.4 Å². The lowest BCUT2D eigenvalue weighted by Crippen LogP contribution is -2.67. The summed E-state index contributed by atoms with van der Waals surface area (Å²) in [4.78, 5) is 34.5. The summed E-state index contributed by atoms with van der Waals surface area (Å²) < 4.78 is 13.3. The number of aromatic nitrogens is 1. The second-order valence-corrected chi connectivity index (χ2v) is 10.1. The maximum Gasteiger partial charge on any atom is 0.254 e. The van der Waals surface area contributed by atoms with Crippen LogP contribution >= 0.6 is 11.6 Å². The molecule has 2 amide bonds. The lowest BCUT2D eigenvalue weighted by Gasteiger charge is -2.51.